The van der Waals surface area contributed by atoms with Crippen LogP contribution < -0.4 is 0 Å². The minimum absolute atomic E-state index is 0.706. The van der Waals surface area contributed by atoms with E-state index in [2.05, 4.69) is 12.1 Å². The number of hydrogen-bond acceptors (Lipinski definition) is 1. The fraction of sp³-hybridized carbons (Fsp3) is 0.538. The maximum Gasteiger partial charge on any atom is 0.153 e. The normalized spacial score (nSPS) is 22.9. The van der Waals surface area contributed by atoms with Crippen LogP contribution in [0, 0.1) is 0 Å². The lowest BCUT2D eigenvalue weighted by molar-refractivity contribution is 0.0478. The number of nitrogens with zero attached hydrogens (tertiary/aromatic N) is 1. The highest BCUT2D eigenvalue weighted by atomic mass is 19.1. The maximum absolute atomic E-state index is 13.5. The topological polar surface area (TPSA) is 3.24 Å². The summed E-state index contributed by atoms with van der Waals surface area (Å²) >= 11 is 0. The zero-order valence-corrected chi connectivity index (χ0v) is 9.03. The first-order valence-electron chi connectivity index (χ1n) is 5.78. The number of benzene rings is 1. The molecular weight excluding hydrogens is 189 g/mol. The molecule has 0 bridgehead atoms. The van der Waals surface area contributed by atoms with Gasteiger partial charge in [-0.2, -0.15) is 0 Å². The molecule has 1 fully saturated rings. The molecule has 0 spiro atoms. The summed E-state index contributed by atoms with van der Waals surface area (Å²) < 4.78 is 13.5. The maximum atomic E-state index is 13.5. The van der Waals surface area contributed by atoms with Gasteiger partial charge in [0.2, 0.25) is 0 Å². The Morgan fingerprint density at radius 2 is 2.00 bits per heavy atom. The quantitative estimate of drug-likeness (QED) is 0.689. The highest BCUT2D eigenvalue weighted by molar-refractivity contribution is 5.14. The third-order valence-corrected chi connectivity index (χ3v) is 3.06. The lowest BCUT2D eigenvalue weighted by Gasteiger charge is -2.30. The zero-order chi connectivity index (χ0) is 10.5. The third-order valence-electron chi connectivity index (χ3n) is 3.06. The van der Waals surface area contributed by atoms with E-state index < -0.39 is 6.30 Å². The molecule has 1 aliphatic rings. The fourth-order valence-corrected chi connectivity index (χ4v) is 2.12. The average Bonchev–Trinajstić information content (AvgIpc) is 2.29. The molecule has 0 aliphatic carbocycles. The molecule has 0 radical (unpaired) electrons. The lowest BCUT2D eigenvalue weighted by atomic mass is 10.1. The van der Waals surface area contributed by atoms with Gasteiger partial charge in [-0.25, -0.2) is 4.39 Å². The molecule has 2 heteroatoms. The first-order valence-corrected chi connectivity index (χ1v) is 5.78. The first-order chi connectivity index (χ1) is 7.36. The largest absolute Gasteiger partial charge is 0.274 e. The van der Waals surface area contributed by atoms with Crippen molar-refractivity contribution in [2.75, 3.05) is 13.1 Å². The van der Waals surface area contributed by atoms with Crippen molar-refractivity contribution in [1.29, 1.82) is 0 Å². The summed E-state index contributed by atoms with van der Waals surface area (Å²) in [7, 11) is 0. The molecular formula is C13H18FN. The van der Waals surface area contributed by atoms with Gasteiger partial charge in [-0.1, -0.05) is 30.3 Å². The molecule has 1 aromatic carbocycles. The number of piperidine rings is 1. The van der Waals surface area contributed by atoms with E-state index in [0.717, 1.165) is 38.8 Å². The van der Waals surface area contributed by atoms with E-state index in [1.165, 1.54) is 5.56 Å². The number of likely N-dealkylation sites (tertiary alicyclic amines) is 1. The number of rotatable bonds is 3. The van der Waals surface area contributed by atoms with Crippen molar-refractivity contribution in [2.45, 2.75) is 32.0 Å². The molecule has 1 aliphatic heterocycles. The molecule has 1 saturated heterocycles. The monoisotopic (exact) mass is 207 g/mol. The van der Waals surface area contributed by atoms with Crippen molar-refractivity contribution in [1.82, 2.24) is 4.90 Å². The van der Waals surface area contributed by atoms with Crippen LogP contribution in [0.25, 0.3) is 0 Å². The predicted molar refractivity (Wildman–Crippen MR) is 60.5 cm³/mol. The summed E-state index contributed by atoms with van der Waals surface area (Å²) in [6.45, 7) is 1.78. The van der Waals surface area contributed by atoms with Gasteiger partial charge in [0, 0.05) is 13.1 Å². The number of hydrogen-bond donors (Lipinski definition) is 0. The second-order valence-electron chi connectivity index (χ2n) is 4.20. The van der Waals surface area contributed by atoms with Crippen LogP contribution in [0.3, 0.4) is 0 Å². The van der Waals surface area contributed by atoms with E-state index >= 15 is 0 Å². The fourth-order valence-electron chi connectivity index (χ4n) is 2.12. The van der Waals surface area contributed by atoms with E-state index in [1.807, 2.05) is 23.1 Å². The van der Waals surface area contributed by atoms with Crippen molar-refractivity contribution in [2.24, 2.45) is 0 Å². The average molecular weight is 207 g/mol. The van der Waals surface area contributed by atoms with Crippen LogP contribution in [0.5, 0.6) is 0 Å². The van der Waals surface area contributed by atoms with Crippen LogP contribution in [0.4, 0.5) is 4.39 Å². The SMILES string of the molecule is FC1CCCCN1CCc1ccccc1. The van der Waals surface area contributed by atoms with Crippen molar-refractivity contribution >= 4 is 0 Å². The number of halogens is 1. The second kappa shape index (κ2) is 5.26. The molecule has 0 aromatic heterocycles. The molecule has 0 amide bonds. The Bertz CT molecular complexity index is 286. The van der Waals surface area contributed by atoms with E-state index in [9.17, 15) is 4.39 Å². The van der Waals surface area contributed by atoms with Crippen molar-refractivity contribution in [3.05, 3.63) is 35.9 Å². The van der Waals surface area contributed by atoms with E-state index in [4.69, 9.17) is 0 Å². The Hall–Kier alpha value is -0.890. The van der Waals surface area contributed by atoms with Gasteiger partial charge in [-0.15, -0.1) is 0 Å². The van der Waals surface area contributed by atoms with Crippen LogP contribution in [0.2, 0.25) is 0 Å². The highest BCUT2D eigenvalue weighted by Gasteiger charge is 2.20. The molecule has 2 rings (SSSR count). The molecule has 82 valence electrons. The van der Waals surface area contributed by atoms with Gasteiger partial charge >= 0.3 is 0 Å². The zero-order valence-electron chi connectivity index (χ0n) is 9.03. The minimum atomic E-state index is -0.706. The van der Waals surface area contributed by atoms with Gasteiger partial charge in [-0.05, 0) is 31.2 Å². The van der Waals surface area contributed by atoms with E-state index in [1.54, 1.807) is 0 Å². The van der Waals surface area contributed by atoms with Gasteiger partial charge in [0.25, 0.3) is 0 Å². The standard InChI is InChI=1S/C13H18FN/c14-13-8-4-5-10-15(13)11-9-12-6-2-1-3-7-12/h1-3,6-7,13H,4-5,8-11H2. The van der Waals surface area contributed by atoms with Gasteiger partial charge < -0.3 is 0 Å². The smallest absolute Gasteiger partial charge is 0.153 e. The van der Waals surface area contributed by atoms with Crippen LogP contribution in [0.1, 0.15) is 24.8 Å². The molecule has 0 saturated carbocycles. The summed E-state index contributed by atoms with van der Waals surface area (Å²) in [5.74, 6) is 0. The van der Waals surface area contributed by atoms with Crippen LogP contribution in [-0.4, -0.2) is 24.3 Å². The summed E-state index contributed by atoms with van der Waals surface area (Å²) in [5.41, 5.74) is 1.30. The van der Waals surface area contributed by atoms with Crippen molar-refractivity contribution in [3.8, 4) is 0 Å². The van der Waals surface area contributed by atoms with Crippen molar-refractivity contribution in [3.63, 3.8) is 0 Å². The lowest BCUT2D eigenvalue weighted by Crippen LogP contribution is -2.37. The Balaban J connectivity index is 1.82. The van der Waals surface area contributed by atoms with Crippen LogP contribution >= 0.6 is 0 Å². The molecule has 1 atom stereocenters. The molecule has 1 heterocycles. The number of alkyl halides is 1. The summed E-state index contributed by atoms with van der Waals surface area (Å²) in [6.07, 6.45) is 3.16. The summed E-state index contributed by atoms with van der Waals surface area (Å²) in [5, 5.41) is 0. The molecule has 1 unspecified atom stereocenters. The molecule has 1 aromatic rings. The minimum Gasteiger partial charge on any atom is -0.274 e. The van der Waals surface area contributed by atoms with Crippen molar-refractivity contribution < 1.29 is 4.39 Å². The van der Waals surface area contributed by atoms with Crippen LogP contribution in [-0.2, 0) is 6.42 Å². The van der Waals surface area contributed by atoms with Gasteiger partial charge in [-0.3, -0.25) is 4.90 Å². The Labute approximate surface area is 90.9 Å². The van der Waals surface area contributed by atoms with Crippen LogP contribution in [0.15, 0.2) is 30.3 Å². The Kier molecular flexibility index (Phi) is 3.73. The summed E-state index contributed by atoms with van der Waals surface area (Å²) in [4.78, 5) is 1.97. The van der Waals surface area contributed by atoms with Gasteiger partial charge in [0.15, 0.2) is 6.30 Å². The molecule has 15 heavy (non-hydrogen) atoms. The Morgan fingerprint density at radius 3 is 2.73 bits per heavy atom. The summed E-state index contributed by atoms with van der Waals surface area (Å²) in [6, 6.07) is 10.3. The molecule has 0 N–H and O–H groups in total. The molecule has 1 nitrogen and oxygen atoms in total. The highest BCUT2D eigenvalue weighted by Crippen LogP contribution is 2.18. The second-order valence-corrected chi connectivity index (χ2v) is 4.20. The van der Waals surface area contributed by atoms with Gasteiger partial charge in [0.1, 0.15) is 0 Å². The van der Waals surface area contributed by atoms with Gasteiger partial charge in [0.05, 0.1) is 0 Å². The Morgan fingerprint density at radius 1 is 1.20 bits per heavy atom. The van der Waals surface area contributed by atoms with E-state index in [0.29, 0.717) is 0 Å². The third kappa shape index (κ3) is 3.03. The van der Waals surface area contributed by atoms with E-state index in [-0.39, 0.29) is 0 Å². The first kappa shape index (κ1) is 10.6. The predicted octanol–water partition coefficient (Wildman–Crippen LogP) is 3.01.